The van der Waals surface area contributed by atoms with Crippen LogP contribution < -0.4 is 15.4 Å². The maximum absolute atomic E-state index is 13.5. The SMILES string of the molecule is O=C(Nc1c[nH]c2cc(F)c(F)cc12)C(=O)N[C@H]1CCCC(Oc2ccc(C(F)(F)F)cc2)C1. The number of alkyl halides is 3. The Morgan fingerprint density at radius 2 is 1.71 bits per heavy atom. The summed E-state index contributed by atoms with van der Waals surface area (Å²) in [5, 5.41) is 5.21. The summed E-state index contributed by atoms with van der Waals surface area (Å²) >= 11 is 0. The lowest BCUT2D eigenvalue weighted by Gasteiger charge is -2.30. The number of carbonyl (C=O) groups excluding carboxylic acids is 2. The van der Waals surface area contributed by atoms with E-state index in [4.69, 9.17) is 4.74 Å². The lowest BCUT2D eigenvalue weighted by molar-refractivity contribution is -0.137. The summed E-state index contributed by atoms with van der Waals surface area (Å²) in [5.41, 5.74) is -0.394. The number of aromatic amines is 1. The van der Waals surface area contributed by atoms with Gasteiger partial charge in [0, 0.05) is 30.1 Å². The number of hydrogen-bond donors (Lipinski definition) is 3. The topological polar surface area (TPSA) is 83.2 Å². The van der Waals surface area contributed by atoms with E-state index in [0.717, 1.165) is 24.3 Å². The van der Waals surface area contributed by atoms with Crippen LogP contribution in [-0.4, -0.2) is 28.9 Å². The van der Waals surface area contributed by atoms with Crippen molar-refractivity contribution in [1.29, 1.82) is 0 Å². The lowest BCUT2D eigenvalue weighted by atomic mass is 9.92. The Balaban J connectivity index is 1.33. The number of amides is 2. The largest absolute Gasteiger partial charge is 0.490 e. The molecule has 3 N–H and O–H groups in total. The van der Waals surface area contributed by atoms with Gasteiger partial charge in [0.1, 0.15) is 11.9 Å². The molecule has 1 aromatic heterocycles. The van der Waals surface area contributed by atoms with E-state index in [2.05, 4.69) is 15.6 Å². The Bertz CT molecular complexity index is 1210. The molecular weight excluding hydrogens is 461 g/mol. The molecule has 0 saturated heterocycles. The number of H-pyrrole nitrogens is 1. The highest BCUT2D eigenvalue weighted by molar-refractivity contribution is 6.40. The number of aromatic nitrogens is 1. The minimum atomic E-state index is -4.43. The number of rotatable bonds is 4. The predicted molar refractivity (Wildman–Crippen MR) is 113 cm³/mol. The van der Waals surface area contributed by atoms with Gasteiger partial charge in [0.15, 0.2) is 11.6 Å². The maximum atomic E-state index is 13.5. The van der Waals surface area contributed by atoms with Crippen LogP contribution in [0, 0.1) is 11.6 Å². The van der Waals surface area contributed by atoms with E-state index in [9.17, 15) is 31.5 Å². The molecule has 180 valence electrons. The van der Waals surface area contributed by atoms with Crippen molar-refractivity contribution in [2.75, 3.05) is 5.32 Å². The van der Waals surface area contributed by atoms with Gasteiger partial charge in [-0.2, -0.15) is 13.2 Å². The normalized spacial score (nSPS) is 18.5. The average Bonchev–Trinajstić information content (AvgIpc) is 3.15. The van der Waals surface area contributed by atoms with Gasteiger partial charge in [-0.25, -0.2) is 8.78 Å². The third kappa shape index (κ3) is 5.29. The van der Waals surface area contributed by atoms with Gasteiger partial charge in [0.25, 0.3) is 0 Å². The summed E-state index contributed by atoms with van der Waals surface area (Å²) in [6.45, 7) is 0. The van der Waals surface area contributed by atoms with Gasteiger partial charge in [0.2, 0.25) is 0 Å². The number of fused-ring (bicyclic) bond motifs is 1. The predicted octanol–water partition coefficient (Wildman–Crippen LogP) is 4.91. The lowest BCUT2D eigenvalue weighted by Crippen LogP contribution is -2.45. The minimum absolute atomic E-state index is 0.126. The average molecular weight is 481 g/mol. The first kappa shape index (κ1) is 23.5. The standard InChI is InChI=1S/C23H20F5N3O3/c24-17-9-16-19(10-18(17)25)29-11-20(16)31-22(33)21(32)30-13-2-1-3-15(8-13)34-14-6-4-12(5-7-14)23(26,27)28/h4-7,9-11,13,15,29H,1-3,8H2,(H,30,32)(H,31,33)/t13-,15?/m0/s1. The molecule has 1 fully saturated rings. The zero-order chi connectivity index (χ0) is 24.5. The Morgan fingerprint density at radius 3 is 2.41 bits per heavy atom. The minimum Gasteiger partial charge on any atom is -0.490 e. The van der Waals surface area contributed by atoms with E-state index >= 15 is 0 Å². The van der Waals surface area contributed by atoms with Gasteiger partial charge in [0.05, 0.1) is 16.8 Å². The van der Waals surface area contributed by atoms with Crippen LogP contribution in [0.3, 0.4) is 0 Å². The highest BCUT2D eigenvalue weighted by atomic mass is 19.4. The summed E-state index contributed by atoms with van der Waals surface area (Å²) in [6, 6.07) is 5.85. The van der Waals surface area contributed by atoms with Gasteiger partial charge in [-0.15, -0.1) is 0 Å². The van der Waals surface area contributed by atoms with Crippen LogP contribution in [-0.2, 0) is 15.8 Å². The maximum Gasteiger partial charge on any atom is 0.416 e. The Morgan fingerprint density at radius 1 is 1.00 bits per heavy atom. The van der Waals surface area contributed by atoms with Crippen molar-refractivity contribution in [1.82, 2.24) is 10.3 Å². The molecule has 2 aromatic carbocycles. The monoisotopic (exact) mass is 481 g/mol. The van der Waals surface area contributed by atoms with Crippen molar-refractivity contribution < 1.29 is 36.3 Å². The summed E-state index contributed by atoms with van der Waals surface area (Å²) in [7, 11) is 0. The van der Waals surface area contributed by atoms with E-state index in [-0.39, 0.29) is 34.5 Å². The summed E-state index contributed by atoms with van der Waals surface area (Å²) < 4.78 is 70.7. The third-order valence-corrected chi connectivity index (χ3v) is 5.62. The molecule has 0 bridgehead atoms. The summed E-state index contributed by atoms with van der Waals surface area (Å²) in [5.74, 6) is -3.73. The first-order valence-electron chi connectivity index (χ1n) is 10.5. The number of benzene rings is 2. The second kappa shape index (κ2) is 9.32. The Hall–Kier alpha value is -3.63. The van der Waals surface area contributed by atoms with E-state index < -0.39 is 35.2 Å². The van der Waals surface area contributed by atoms with Crippen LogP contribution in [0.2, 0.25) is 0 Å². The highest BCUT2D eigenvalue weighted by Gasteiger charge is 2.31. The Labute approximate surface area is 190 Å². The number of nitrogens with one attached hydrogen (secondary N) is 3. The molecule has 2 atom stereocenters. The van der Waals surface area contributed by atoms with Crippen molar-refractivity contribution in [2.24, 2.45) is 0 Å². The molecule has 1 aliphatic carbocycles. The summed E-state index contributed by atoms with van der Waals surface area (Å²) in [4.78, 5) is 27.4. The van der Waals surface area contributed by atoms with Gasteiger partial charge in [-0.3, -0.25) is 9.59 Å². The molecule has 0 aliphatic heterocycles. The molecule has 6 nitrogen and oxygen atoms in total. The zero-order valence-corrected chi connectivity index (χ0v) is 17.6. The van der Waals surface area contributed by atoms with Crippen LogP contribution in [0.15, 0.2) is 42.6 Å². The van der Waals surface area contributed by atoms with Crippen molar-refractivity contribution in [3.63, 3.8) is 0 Å². The van der Waals surface area contributed by atoms with Crippen LogP contribution in [0.25, 0.3) is 10.9 Å². The van der Waals surface area contributed by atoms with Crippen molar-refractivity contribution in [2.45, 2.75) is 44.0 Å². The number of ether oxygens (including phenoxy) is 1. The first-order chi connectivity index (χ1) is 16.1. The third-order valence-electron chi connectivity index (χ3n) is 5.62. The quantitative estimate of drug-likeness (QED) is 0.366. The van der Waals surface area contributed by atoms with Gasteiger partial charge in [-0.1, -0.05) is 0 Å². The van der Waals surface area contributed by atoms with Crippen LogP contribution in [0.1, 0.15) is 31.2 Å². The second-order valence-corrected chi connectivity index (χ2v) is 8.07. The molecule has 1 saturated carbocycles. The molecule has 2 amide bonds. The molecule has 1 heterocycles. The molecule has 4 rings (SSSR count). The van der Waals surface area contributed by atoms with Crippen LogP contribution in [0.4, 0.5) is 27.6 Å². The first-order valence-corrected chi connectivity index (χ1v) is 10.5. The second-order valence-electron chi connectivity index (χ2n) is 8.07. The number of anilines is 1. The number of hydrogen-bond acceptors (Lipinski definition) is 3. The molecule has 11 heteroatoms. The molecule has 0 radical (unpaired) electrons. The van der Waals surface area contributed by atoms with Crippen LogP contribution >= 0.6 is 0 Å². The molecule has 3 aromatic rings. The van der Waals surface area contributed by atoms with Gasteiger partial charge >= 0.3 is 18.0 Å². The van der Waals surface area contributed by atoms with E-state index in [1.54, 1.807) is 0 Å². The van der Waals surface area contributed by atoms with Crippen molar-refractivity contribution in [3.05, 3.63) is 59.8 Å². The van der Waals surface area contributed by atoms with E-state index in [1.165, 1.54) is 18.3 Å². The fourth-order valence-electron chi connectivity index (χ4n) is 3.95. The number of carbonyl (C=O) groups is 2. The van der Waals surface area contributed by atoms with Crippen molar-refractivity contribution in [3.8, 4) is 5.75 Å². The Kier molecular flexibility index (Phi) is 6.45. The molecule has 1 unspecified atom stereocenters. The van der Waals surface area contributed by atoms with Crippen molar-refractivity contribution >= 4 is 28.4 Å². The fourth-order valence-corrected chi connectivity index (χ4v) is 3.95. The molecule has 0 spiro atoms. The number of halogens is 5. The highest BCUT2D eigenvalue weighted by Crippen LogP contribution is 2.31. The molecule has 1 aliphatic rings. The zero-order valence-electron chi connectivity index (χ0n) is 17.6. The van der Waals surface area contributed by atoms with E-state index in [1.807, 2.05) is 0 Å². The van der Waals surface area contributed by atoms with Gasteiger partial charge < -0.3 is 20.4 Å². The van der Waals surface area contributed by atoms with Crippen LogP contribution in [0.5, 0.6) is 5.75 Å². The fraction of sp³-hybridized carbons (Fsp3) is 0.304. The smallest absolute Gasteiger partial charge is 0.416 e. The van der Waals surface area contributed by atoms with E-state index in [0.29, 0.717) is 25.7 Å². The summed E-state index contributed by atoms with van der Waals surface area (Å²) in [6.07, 6.45) is -1.14. The molecule has 34 heavy (non-hydrogen) atoms. The molecular formula is C23H20F5N3O3. The van der Waals surface area contributed by atoms with Gasteiger partial charge in [-0.05, 0) is 49.6 Å².